The van der Waals surface area contributed by atoms with Gasteiger partial charge in [0.05, 0.1) is 18.0 Å². The van der Waals surface area contributed by atoms with Gasteiger partial charge in [0.1, 0.15) is 0 Å². The molecule has 1 unspecified atom stereocenters. The lowest BCUT2D eigenvalue weighted by molar-refractivity contribution is -0.133. The van der Waals surface area contributed by atoms with Gasteiger partial charge in [-0.05, 0) is 29.7 Å². The first kappa shape index (κ1) is 18.6. The number of carboxylic acid groups (broad SMARTS) is 1. The van der Waals surface area contributed by atoms with Crippen LogP contribution >= 0.6 is 0 Å². The summed E-state index contributed by atoms with van der Waals surface area (Å²) in [7, 11) is 0. The maximum atomic E-state index is 12.9. The smallest absolute Gasteiger partial charge is 0.335 e. The van der Waals surface area contributed by atoms with Gasteiger partial charge < -0.3 is 15.3 Å². The van der Waals surface area contributed by atoms with Crippen LogP contribution < -0.4 is 5.32 Å². The molecule has 0 radical (unpaired) electrons. The second-order valence-electron chi connectivity index (χ2n) is 6.57. The van der Waals surface area contributed by atoms with Gasteiger partial charge in [-0.15, -0.1) is 0 Å². The minimum absolute atomic E-state index is 0.0114. The van der Waals surface area contributed by atoms with E-state index in [2.05, 4.69) is 5.32 Å². The zero-order valence-corrected chi connectivity index (χ0v) is 14.9. The van der Waals surface area contributed by atoms with Crippen molar-refractivity contribution in [3.8, 4) is 0 Å². The van der Waals surface area contributed by atoms with E-state index >= 15 is 0 Å². The van der Waals surface area contributed by atoms with Crippen LogP contribution in [0.25, 0.3) is 0 Å². The Bertz CT molecular complexity index is 818. The number of hydrogen-bond acceptors (Lipinski definition) is 3. The third kappa shape index (κ3) is 4.73. The van der Waals surface area contributed by atoms with E-state index in [1.807, 2.05) is 30.3 Å². The second-order valence-corrected chi connectivity index (χ2v) is 6.57. The van der Waals surface area contributed by atoms with Gasteiger partial charge in [0.15, 0.2) is 0 Å². The van der Waals surface area contributed by atoms with Crippen LogP contribution in [0, 0.1) is 0 Å². The molecule has 0 aromatic heterocycles. The SMILES string of the molecule is O=C1CC(c2ccccc2)N(C(=O)CCc2ccc(C(=O)O)cc2)CCN1. The van der Waals surface area contributed by atoms with Crippen molar-refractivity contribution in [3.63, 3.8) is 0 Å². The van der Waals surface area contributed by atoms with Crippen LogP contribution in [-0.2, 0) is 16.0 Å². The zero-order valence-electron chi connectivity index (χ0n) is 14.9. The molecule has 6 heteroatoms. The molecule has 1 saturated heterocycles. The number of aromatic carboxylic acids is 1. The summed E-state index contributed by atoms with van der Waals surface area (Å²) in [4.78, 5) is 37.6. The average molecular weight is 366 g/mol. The third-order valence-electron chi connectivity index (χ3n) is 4.76. The quantitative estimate of drug-likeness (QED) is 0.851. The number of benzene rings is 2. The van der Waals surface area contributed by atoms with Gasteiger partial charge in [-0.25, -0.2) is 4.79 Å². The van der Waals surface area contributed by atoms with Gasteiger partial charge >= 0.3 is 5.97 Å². The Morgan fingerprint density at radius 2 is 1.78 bits per heavy atom. The summed E-state index contributed by atoms with van der Waals surface area (Å²) in [5, 5.41) is 11.8. The van der Waals surface area contributed by atoms with Gasteiger partial charge in [-0.3, -0.25) is 9.59 Å². The standard InChI is InChI=1S/C21H22N2O4/c24-19-14-18(16-4-2-1-3-5-16)23(13-12-22-19)20(25)11-8-15-6-9-17(10-7-15)21(26)27/h1-7,9-10,18H,8,11-14H2,(H,22,24)(H,26,27). The molecule has 0 saturated carbocycles. The van der Waals surface area contributed by atoms with Crippen LogP contribution in [0.4, 0.5) is 0 Å². The highest BCUT2D eigenvalue weighted by atomic mass is 16.4. The normalized spacial score (nSPS) is 17.1. The van der Waals surface area contributed by atoms with Crippen LogP contribution in [-0.4, -0.2) is 40.9 Å². The van der Waals surface area contributed by atoms with Crippen molar-refractivity contribution in [2.45, 2.75) is 25.3 Å². The lowest BCUT2D eigenvalue weighted by Crippen LogP contribution is -2.36. The second kappa shape index (κ2) is 8.49. The molecule has 2 aromatic rings. The fraction of sp³-hybridized carbons (Fsp3) is 0.286. The van der Waals surface area contributed by atoms with Crippen molar-refractivity contribution < 1.29 is 19.5 Å². The van der Waals surface area contributed by atoms with E-state index in [9.17, 15) is 14.4 Å². The number of carboxylic acids is 1. The van der Waals surface area contributed by atoms with Gasteiger partial charge in [-0.2, -0.15) is 0 Å². The summed E-state index contributed by atoms with van der Waals surface area (Å²) < 4.78 is 0. The van der Waals surface area contributed by atoms with Crippen molar-refractivity contribution in [3.05, 3.63) is 71.3 Å². The predicted molar refractivity (Wildman–Crippen MR) is 100 cm³/mol. The fourth-order valence-corrected chi connectivity index (χ4v) is 3.31. The Balaban J connectivity index is 1.70. The summed E-state index contributed by atoms with van der Waals surface area (Å²) in [5.74, 6) is -1.03. The highest BCUT2D eigenvalue weighted by Crippen LogP contribution is 2.26. The van der Waals surface area contributed by atoms with E-state index < -0.39 is 5.97 Å². The molecule has 0 spiro atoms. The lowest BCUT2D eigenvalue weighted by atomic mass is 10.0. The number of nitrogens with one attached hydrogen (secondary N) is 1. The highest BCUT2D eigenvalue weighted by Gasteiger charge is 2.29. The van der Waals surface area contributed by atoms with Gasteiger partial charge in [-0.1, -0.05) is 42.5 Å². The molecule has 1 aliphatic rings. The molecule has 1 heterocycles. The number of hydrogen-bond donors (Lipinski definition) is 2. The van der Waals surface area contributed by atoms with E-state index in [1.165, 1.54) is 0 Å². The Kier molecular flexibility index (Phi) is 5.86. The predicted octanol–water partition coefficient (Wildman–Crippen LogP) is 2.41. The largest absolute Gasteiger partial charge is 0.478 e. The molecular formula is C21H22N2O4. The number of nitrogens with zero attached hydrogens (tertiary/aromatic N) is 1. The molecule has 0 aliphatic carbocycles. The molecule has 6 nitrogen and oxygen atoms in total. The summed E-state index contributed by atoms with van der Waals surface area (Å²) in [5.41, 5.74) is 2.09. The minimum Gasteiger partial charge on any atom is -0.478 e. The maximum Gasteiger partial charge on any atom is 0.335 e. The molecule has 2 aromatic carbocycles. The van der Waals surface area contributed by atoms with Crippen molar-refractivity contribution in [2.24, 2.45) is 0 Å². The molecule has 3 rings (SSSR count). The topological polar surface area (TPSA) is 86.7 Å². The molecule has 1 atom stereocenters. The van der Waals surface area contributed by atoms with Gasteiger partial charge in [0, 0.05) is 19.5 Å². The number of aryl methyl sites for hydroxylation is 1. The van der Waals surface area contributed by atoms with Crippen molar-refractivity contribution >= 4 is 17.8 Å². The highest BCUT2D eigenvalue weighted by molar-refractivity contribution is 5.87. The monoisotopic (exact) mass is 366 g/mol. The van der Waals surface area contributed by atoms with Crippen LogP contribution in [0.5, 0.6) is 0 Å². The molecule has 140 valence electrons. The first-order chi connectivity index (χ1) is 13.0. The van der Waals surface area contributed by atoms with Crippen molar-refractivity contribution in [1.82, 2.24) is 10.2 Å². The molecule has 27 heavy (non-hydrogen) atoms. The number of rotatable bonds is 5. The summed E-state index contributed by atoms with van der Waals surface area (Å²) in [6, 6.07) is 15.9. The van der Waals surface area contributed by atoms with Crippen molar-refractivity contribution in [1.29, 1.82) is 0 Å². The molecule has 2 N–H and O–H groups in total. The average Bonchev–Trinajstić information content (AvgIpc) is 2.88. The molecule has 0 bridgehead atoms. The fourth-order valence-electron chi connectivity index (χ4n) is 3.31. The van der Waals surface area contributed by atoms with Crippen LogP contribution in [0.2, 0.25) is 0 Å². The first-order valence-corrected chi connectivity index (χ1v) is 8.98. The first-order valence-electron chi connectivity index (χ1n) is 8.98. The van der Waals surface area contributed by atoms with Crippen molar-refractivity contribution in [2.75, 3.05) is 13.1 Å². The summed E-state index contributed by atoms with van der Waals surface area (Å²) in [6.07, 6.45) is 1.09. The van der Waals surface area contributed by atoms with E-state index in [0.29, 0.717) is 25.9 Å². The van der Waals surface area contributed by atoms with E-state index in [4.69, 9.17) is 5.11 Å². The number of amides is 2. The van der Waals surface area contributed by atoms with E-state index in [0.717, 1.165) is 11.1 Å². The Morgan fingerprint density at radius 1 is 1.07 bits per heavy atom. The lowest BCUT2D eigenvalue weighted by Gasteiger charge is -2.29. The Labute approximate surface area is 157 Å². The third-order valence-corrected chi connectivity index (χ3v) is 4.76. The minimum atomic E-state index is -0.968. The van der Waals surface area contributed by atoms with E-state index in [1.54, 1.807) is 29.2 Å². The summed E-state index contributed by atoms with van der Waals surface area (Å²) >= 11 is 0. The number of carbonyl (C=O) groups excluding carboxylic acids is 2. The molecule has 1 fully saturated rings. The molecule has 2 amide bonds. The molecule has 1 aliphatic heterocycles. The summed E-state index contributed by atoms with van der Waals surface area (Å²) in [6.45, 7) is 0.920. The van der Waals surface area contributed by atoms with E-state index in [-0.39, 0.29) is 29.8 Å². The van der Waals surface area contributed by atoms with Gasteiger partial charge in [0.2, 0.25) is 11.8 Å². The van der Waals surface area contributed by atoms with Gasteiger partial charge in [0.25, 0.3) is 0 Å². The Hall–Kier alpha value is -3.15. The van der Waals surface area contributed by atoms with Crippen LogP contribution in [0.1, 0.15) is 40.4 Å². The maximum absolute atomic E-state index is 12.9. The van der Waals surface area contributed by atoms with Crippen LogP contribution in [0.15, 0.2) is 54.6 Å². The zero-order chi connectivity index (χ0) is 19.2. The Morgan fingerprint density at radius 3 is 2.44 bits per heavy atom. The van der Waals surface area contributed by atoms with Crippen LogP contribution in [0.3, 0.4) is 0 Å². The molecular weight excluding hydrogens is 344 g/mol. The number of carbonyl (C=O) groups is 3.